The van der Waals surface area contributed by atoms with Gasteiger partial charge in [-0.2, -0.15) is 5.10 Å². The number of amides is 2. The lowest BCUT2D eigenvalue weighted by Gasteiger charge is -2.35. The van der Waals surface area contributed by atoms with Crippen LogP contribution < -0.4 is 10.6 Å². The van der Waals surface area contributed by atoms with E-state index in [1.165, 1.54) is 43.9 Å². The van der Waals surface area contributed by atoms with Crippen molar-refractivity contribution in [3.05, 3.63) is 59.0 Å². The Bertz CT molecular complexity index is 1670. The molecule has 1 aromatic carbocycles. The summed E-state index contributed by atoms with van der Waals surface area (Å²) in [4.78, 5) is 37.5. The summed E-state index contributed by atoms with van der Waals surface area (Å²) in [5.74, 6) is -0.0835. The Morgan fingerprint density at radius 3 is 2.58 bits per heavy atom. The van der Waals surface area contributed by atoms with Crippen LogP contribution in [0, 0.1) is 5.92 Å². The predicted octanol–water partition coefficient (Wildman–Crippen LogP) is 6.36. The molecule has 4 heterocycles. The number of piperidine rings is 1. The molecule has 222 valence electrons. The molecule has 9 nitrogen and oxygen atoms in total. The van der Waals surface area contributed by atoms with Crippen LogP contribution in [0.25, 0.3) is 27.5 Å². The van der Waals surface area contributed by atoms with E-state index in [2.05, 4.69) is 20.5 Å². The summed E-state index contributed by atoms with van der Waals surface area (Å²) < 4.78 is 1.87. The zero-order chi connectivity index (χ0) is 29.5. The highest BCUT2D eigenvalue weighted by atomic mass is 35.5. The minimum absolute atomic E-state index is 0.0128. The van der Waals surface area contributed by atoms with E-state index in [1.807, 2.05) is 35.1 Å². The largest absolute Gasteiger partial charge is 0.326 e. The van der Waals surface area contributed by atoms with Gasteiger partial charge in [-0.1, -0.05) is 35.8 Å². The molecule has 3 aliphatic rings. The second-order valence-electron chi connectivity index (χ2n) is 11.7. The molecule has 1 aliphatic heterocycles. The fourth-order valence-electron chi connectivity index (χ4n) is 6.78. The van der Waals surface area contributed by atoms with Crippen LogP contribution >= 0.6 is 22.9 Å². The molecule has 0 bridgehead atoms. The number of likely N-dealkylation sites (tertiary alicyclic amines) is 1. The molecule has 1 saturated heterocycles. The molecule has 2 aliphatic carbocycles. The third kappa shape index (κ3) is 5.59. The van der Waals surface area contributed by atoms with Gasteiger partial charge >= 0.3 is 0 Å². The van der Waals surface area contributed by atoms with Gasteiger partial charge in [0.05, 0.1) is 32.7 Å². The molecule has 0 radical (unpaired) electrons. The maximum atomic E-state index is 13.2. The van der Waals surface area contributed by atoms with Crippen molar-refractivity contribution in [2.24, 2.45) is 5.92 Å². The number of nitrogens with one attached hydrogen (secondary N) is 2. The van der Waals surface area contributed by atoms with Gasteiger partial charge in [-0.25, -0.2) is 9.67 Å². The third-order valence-corrected chi connectivity index (χ3v) is 10.2. The first kappa shape index (κ1) is 28.2. The second kappa shape index (κ2) is 11.8. The number of hydrogen-bond donors (Lipinski definition) is 2. The van der Waals surface area contributed by atoms with E-state index < -0.39 is 0 Å². The average molecular weight is 616 g/mol. The number of benzene rings is 1. The standard InChI is InChI=1S/C32H34ClN7O2S/c1-19(41)35-32-37-26-10-9-24-28(21-5-4-14-34-18-21)38-40(29(24)30(26)43-32)27-11-8-22(17-25(27)33)36-31(42)20-12-15-39(16-13-20)23-6-2-3-7-23/h4-5,8,11,14,17-18,20,23H,2-3,6-7,9-10,12-13,15-16H2,1H3,(H,36,42)(H,35,37,41). The summed E-state index contributed by atoms with van der Waals surface area (Å²) in [5, 5.41) is 12.1. The molecule has 0 unspecified atom stereocenters. The summed E-state index contributed by atoms with van der Waals surface area (Å²) in [5.41, 5.74) is 6.10. The van der Waals surface area contributed by atoms with Crippen LogP contribution in [0.15, 0.2) is 42.7 Å². The Balaban J connectivity index is 1.17. The van der Waals surface area contributed by atoms with Crippen LogP contribution in [0.1, 0.15) is 56.7 Å². The van der Waals surface area contributed by atoms with Gasteiger partial charge in [-0.3, -0.25) is 14.6 Å². The quantitative estimate of drug-likeness (QED) is 0.261. The van der Waals surface area contributed by atoms with Crippen molar-refractivity contribution in [1.82, 2.24) is 24.6 Å². The number of anilines is 2. The molecule has 2 N–H and O–H groups in total. The highest BCUT2D eigenvalue weighted by molar-refractivity contribution is 7.19. The lowest BCUT2D eigenvalue weighted by Crippen LogP contribution is -2.42. The fourth-order valence-corrected chi connectivity index (χ4v) is 8.16. The Hall–Kier alpha value is -3.60. The van der Waals surface area contributed by atoms with E-state index in [9.17, 15) is 9.59 Å². The summed E-state index contributed by atoms with van der Waals surface area (Å²) in [7, 11) is 0. The third-order valence-electron chi connectivity index (χ3n) is 8.91. The molecule has 3 aromatic heterocycles. The number of nitrogens with zero attached hydrogens (tertiary/aromatic N) is 5. The lowest BCUT2D eigenvalue weighted by molar-refractivity contribution is -0.121. The van der Waals surface area contributed by atoms with E-state index in [0.29, 0.717) is 27.6 Å². The van der Waals surface area contributed by atoms with Crippen LogP contribution in [0.2, 0.25) is 5.02 Å². The highest BCUT2D eigenvalue weighted by Crippen LogP contribution is 2.45. The van der Waals surface area contributed by atoms with Crippen LogP contribution in [-0.2, 0) is 22.4 Å². The van der Waals surface area contributed by atoms with Crippen LogP contribution in [0.4, 0.5) is 10.8 Å². The summed E-state index contributed by atoms with van der Waals surface area (Å²) in [6.07, 6.45) is 12.1. The highest BCUT2D eigenvalue weighted by Gasteiger charge is 2.32. The number of aromatic nitrogens is 4. The molecule has 4 aromatic rings. The number of halogens is 1. The van der Waals surface area contributed by atoms with Crippen molar-refractivity contribution in [3.63, 3.8) is 0 Å². The Kier molecular flexibility index (Phi) is 7.75. The first-order valence-corrected chi connectivity index (χ1v) is 16.3. The minimum Gasteiger partial charge on any atom is -0.326 e. The molecule has 2 fully saturated rings. The number of fused-ring (bicyclic) bond motifs is 3. The van der Waals surface area contributed by atoms with Crippen molar-refractivity contribution < 1.29 is 9.59 Å². The molecule has 0 spiro atoms. The van der Waals surface area contributed by atoms with Gasteiger partial charge < -0.3 is 15.5 Å². The Morgan fingerprint density at radius 2 is 1.86 bits per heavy atom. The van der Waals surface area contributed by atoms with E-state index in [1.54, 1.807) is 12.3 Å². The molecular weight excluding hydrogens is 582 g/mol. The van der Waals surface area contributed by atoms with E-state index in [-0.39, 0.29) is 17.7 Å². The molecule has 1 saturated carbocycles. The first-order valence-electron chi connectivity index (χ1n) is 15.1. The van der Waals surface area contributed by atoms with E-state index in [0.717, 1.165) is 71.9 Å². The number of aryl methyl sites for hydroxylation is 1. The molecule has 11 heteroatoms. The first-order chi connectivity index (χ1) is 20.9. The van der Waals surface area contributed by atoms with E-state index >= 15 is 0 Å². The van der Waals surface area contributed by atoms with Crippen LogP contribution in [0.5, 0.6) is 0 Å². The van der Waals surface area contributed by atoms with Crippen molar-refractivity contribution in [3.8, 4) is 27.5 Å². The van der Waals surface area contributed by atoms with Gasteiger partial charge in [-0.05, 0) is 81.9 Å². The number of hydrogen-bond acceptors (Lipinski definition) is 7. The maximum absolute atomic E-state index is 13.2. The monoisotopic (exact) mass is 615 g/mol. The van der Waals surface area contributed by atoms with Gasteiger partial charge in [0.25, 0.3) is 0 Å². The number of thiazole rings is 1. The van der Waals surface area contributed by atoms with Gasteiger partial charge in [0.15, 0.2) is 5.13 Å². The Morgan fingerprint density at radius 1 is 1.05 bits per heavy atom. The molecule has 7 rings (SSSR count). The lowest BCUT2D eigenvalue weighted by atomic mass is 9.94. The zero-order valence-electron chi connectivity index (χ0n) is 24.1. The molecule has 0 atom stereocenters. The molecular formula is C32H34ClN7O2S. The van der Waals surface area contributed by atoms with Gasteiger partial charge in [0.2, 0.25) is 11.8 Å². The minimum atomic E-state index is -0.157. The number of carbonyl (C=O) groups is 2. The summed E-state index contributed by atoms with van der Waals surface area (Å²) in [6.45, 7) is 3.47. The smallest absolute Gasteiger partial charge is 0.227 e. The van der Waals surface area contributed by atoms with Gasteiger partial charge in [0, 0.05) is 48.1 Å². The maximum Gasteiger partial charge on any atom is 0.227 e. The summed E-state index contributed by atoms with van der Waals surface area (Å²) >= 11 is 8.37. The zero-order valence-corrected chi connectivity index (χ0v) is 25.7. The van der Waals surface area contributed by atoms with Gasteiger partial charge in [0.1, 0.15) is 0 Å². The van der Waals surface area contributed by atoms with Crippen molar-refractivity contribution in [2.45, 2.75) is 64.3 Å². The van der Waals surface area contributed by atoms with Crippen molar-refractivity contribution in [2.75, 3.05) is 23.7 Å². The van der Waals surface area contributed by atoms with Gasteiger partial charge in [-0.15, -0.1) is 0 Å². The molecule has 43 heavy (non-hydrogen) atoms. The fraction of sp³-hybridized carbons (Fsp3) is 0.406. The van der Waals surface area contributed by atoms with E-state index in [4.69, 9.17) is 21.7 Å². The SMILES string of the molecule is CC(=O)Nc1nc2c(s1)-c1c(c(-c3cccnc3)nn1-c1ccc(NC(=O)C3CCN(C4CCCC4)CC3)cc1Cl)CC2. The normalized spacial score (nSPS) is 17.4. The average Bonchev–Trinajstić information content (AvgIpc) is 3.76. The molecule has 2 amide bonds. The summed E-state index contributed by atoms with van der Waals surface area (Å²) in [6, 6.07) is 10.2. The second-order valence-corrected chi connectivity index (χ2v) is 13.1. The number of rotatable bonds is 6. The van der Waals surface area contributed by atoms with Crippen LogP contribution in [-0.4, -0.2) is 55.6 Å². The number of carbonyl (C=O) groups excluding carboxylic acids is 2. The Labute approximate surface area is 259 Å². The number of pyridine rings is 1. The predicted molar refractivity (Wildman–Crippen MR) is 170 cm³/mol. The topological polar surface area (TPSA) is 105 Å². The van der Waals surface area contributed by atoms with Crippen molar-refractivity contribution >= 4 is 45.6 Å². The van der Waals surface area contributed by atoms with Crippen molar-refractivity contribution in [1.29, 1.82) is 0 Å². The van der Waals surface area contributed by atoms with Crippen LogP contribution in [0.3, 0.4) is 0 Å².